The number of hydrogen-bond acceptors (Lipinski definition) is 4. The van der Waals surface area contributed by atoms with Gasteiger partial charge >= 0.3 is 0 Å². The van der Waals surface area contributed by atoms with E-state index in [-0.39, 0.29) is 0 Å². The summed E-state index contributed by atoms with van der Waals surface area (Å²) in [6, 6.07) is 7.64. The van der Waals surface area contributed by atoms with Gasteiger partial charge in [0.05, 0.1) is 14.2 Å². The summed E-state index contributed by atoms with van der Waals surface area (Å²) >= 11 is 5.26. The summed E-state index contributed by atoms with van der Waals surface area (Å²) in [5.41, 5.74) is 1.93. The van der Waals surface area contributed by atoms with Crippen molar-refractivity contribution >= 4 is 12.2 Å². The average Bonchev–Trinajstić information content (AvgIpc) is 3.30. The maximum atomic E-state index is 5.30. The van der Waals surface area contributed by atoms with E-state index < -0.39 is 0 Å². The van der Waals surface area contributed by atoms with Crippen LogP contribution in [0.2, 0.25) is 0 Å². The van der Waals surface area contributed by atoms with Crippen molar-refractivity contribution in [2.45, 2.75) is 18.8 Å². The van der Waals surface area contributed by atoms with Crippen molar-refractivity contribution in [3.63, 3.8) is 0 Å². The lowest BCUT2D eigenvalue weighted by Gasteiger charge is -2.10. The van der Waals surface area contributed by atoms with Gasteiger partial charge in [-0.05, 0) is 31.0 Å². The average molecular weight is 288 g/mol. The molecule has 0 aliphatic heterocycles. The van der Waals surface area contributed by atoms with Gasteiger partial charge in [0.25, 0.3) is 0 Å². The minimum Gasteiger partial charge on any atom is -0.497 e. The molecule has 1 fully saturated rings. The lowest BCUT2D eigenvalue weighted by molar-refractivity contribution is 0.394. The Labute approximate surface area is 122 Å². The number of aromatic amines is 1. The SMILES string of the molecule is COc1cc(OC)cc(-c2cc(=S)nc(C3CC3)[nH]2)c1. The summed E-state index contributed by atoms with van der Waals surface area (Å²) in [6.45, 7) is 0. The Morgan fingerprint density at radius 2 is 1.75 bits per heavy atom. The predicted molar refractivity (Wildman–Crippen MR) is 79.9 cm³/mol. The second-order valence-electron chi connectivity index (χ2n) is 4.89. The summed E-state index contributed by atoms with van der Waals surface area (Å²) in [4.78, 5) is 7.78. The lowest BCUT2D eigenvalue weighted by Crippen LogP contribution is -1.96. The molecule has 0 unspecified atom stereocenters. The topological polar surface area (TPSA) is 47.1 Å². The highest BCUT2D eigenvalue weighted by molar-refractivity contribution is 7.71. The maximum Gasteiger partial charge on any atom is 0.130 e. The minimum absolute atomic E-state index is 0.532. The van der Waals surface area contributed by atoms with E-state index >= 15 is 0 Å². The molecule has 1 heterocycles. The van der Waals surface area contributed by atoms with E-state index in [1.54, 1.807) is 14.2 Å². The van der Waals surface area contributed by atoms with E-state index in [0.29, 0.717) is 10.6 Å². The molecule has 4 nitrogen and oxygen atoms in total. The fourth-order valence-corrected chi connectivity index (χ4v) is 2.36. The molecule has 1 aromatic carbocycles. The first-order chi connectivity index (χ1) is 9.69. The molecule has 0 bridgehead atoms. The summed E-state index contributed by atoms with van der Waals surface area (Å²) in [6.07, 6.45) is 2.37. The first-order valence-electron chi connectivity index (χ1n) is 6.54. The van der Waals surface area contributed by atoms with Gasteiger partial charge in [-0.1, -0.05) is 12.2 Å². The molecule has 1 N–H and O–H groups in total. The number of nitrogens with one attached hydrogen (secondary N) is 1. The normalized spacial score (nSPS) is 14.1. The van der Waals surface area contributed by atoms with Crippen molar-refractivity contribution in [1.29, 1.82) is 0 Å². The highest BCUT2D eigenvalue weighted by Crippen LogP contribution is 2.39. The fraction of sp³-hybridized carbons (Fsp3) is 0.333. The van der Waals surface area contributed by atoms with E-state index in [2.05, 4.69) is 9.97 Å². The number of hydrogen-bond donors (Lipinski definition) is 1. The van der Waals surface area contributed by atoms with Crippen LogP contribution in [0, 0.1) is 4.64 Å². The molecule has 1 aliphatic rings. The molecular weight excluding hydrogens is 272 g/mol. The summed E-state index contributed by atoms with van der Waals surface area (Å²) in [7, 11) is 3.28. The van der Waals surface area contributed by atoms with Gasteiger partial charge in [-0.3, -0.25) is 0 Å². The van der Waals surface area contributed by atoms with Gasteiger partial charge in [0.1, 0.15) is 22.0 Å². The van der Waals surface area contributed by atoms with Crippen molar-refractivity contribution in [2.75, 3.05) is 14.2 Å². The Kier molecular flexibility index (Phi) is 3.44. The zero-order valence-electron chi connectivity index (χ0n) is 11.5. The highest BCUT2D eigenvalue weighted by atomic mass is 32.1. The molecule has 0 amide bonds. The molecule has 5 heteroatoms. The molecule has 20 heavy (non-hydrogen) atoms. The van der Waals surface area contributed by atoms with Crippen LogP contribution in [-0.2, 0) is 0 Å². The van der Waals surface area contributed by atoms with Gasteiger partial charge < -0.3 is 14.5 Å². The van der Waals surface area contributed by atoms with Gasteiger partial charge in [0.15, 0.2) is 0 Å². The molecule has 0 radical (unpaired) electrons. The summed E-state index contributed by atoms with van der Waals surface area (Å²) in [5, 5.41) is 0. The molecule has 3 rings (SSSR count). The predicted octanol–water partition coefficient (Wildman–Crippen LogP) is 3.70. The van der Waals surface area contributed by atoms with Crippen LogP contribution in [0.25, 0.3) is 11.3 Å². The lowest BCUT2D eigenvalue weighted by atomic mass is 10.1. The van der Waals surface area contributed by atoms with Crippen LogP contribution in [0.5, 0.6) is 11.5 Å². The molecule has 0 spiro atoms. The van der Waals surface area contributed by atoms with Gasteiger partial charge in [0, 0.05) is 23.2 Å². The summed E-state index contributed by atoms with van der Waals surface area (Å²) in [5.74, 6) is 3.02. The Morgan fingerprint density at radius 3 is 2.30 bits per heavy atom. The molecule has 104 valence electrons. The number of rotatable bonds is 4. The smallest absolute Gasteiger partial charge is 0.130 e. The quantitative estimate of drug-likeness (QED) is 0.871. The van der Waals surface area contributed by atoms with Crippen molar-refractivity contribution in [3.05, 3.63) is 34.7 Å². The van der Waals surface area contributed by atoms with Crippen LogP contribution >= 0.6 is 12.2 Å². The first-order valence-corrected chi connectivity index (χ1v) is 6.95. The number of nitrogens with zero attached hydrogens (tertiary/aromatic N) is 1. The van der Waals surface area contributed by atoms with E-state index in [4.69, 9.17) is 21.7 Å². The van der Waals surface area contributed by atoms with Crippen LogP contribution in [0.4, 0.5) is 0 Å². The first kappa shape index (κ1) is 13.1. The van der Waals surface area contributed by atoms with Crippen LogP contribution < -0.4 is 9.47 Å². The van der Waals surface area contributed by atoms with Gasteiger partial charge in [0.2, 0.25) is 0 Å². The molecule has 2 aromatic rings. The van der Waals surface area contributed by atoms with E-state index in [9.17, 15) is 0 Å². The molecular formula is C15H16N2O2S. The van der Waals surface area contributed by atoms with Gasteiger partial charge in [-0.2, -0.15) is 0 Å². The third kappa shape index (κ3) is 2.67. The molecule has 1 saturated carbocycles. The largest absolute Gasteiger partial charge is 0.497 e. The number of methoxy groups -OCH3 is 2. The Morgan fingerprint density at radius 1 is 1.10 bits per heavy atom. The standard InChI is InChI=1S/C15H16N2O2S/c1-18-11-5-10(6-12(7-11)19-2)13-8-14(20)17-15(16-13)9-3-4-9/h5-9H,3-4H2,1-2H3,(H,16,17,20). The Balaban J connectivity index is 2.09. The Hall–Kier alpha value is -1.88. The zero-order chi connectivity index (χ0) is 14.1. The monoisotopic (exact) mass is 288 g/mol. The van der Waals surface area contributed by atoms with Crippen LogP contribution in [-0.4, -0.2) is 24.2 Å². The second kappa shape index (κ2) is 5.25. The highest BCUT2D eigenvalue weighted by Gasteiger charge is 2.26. The van der Waals surface area contributed by atoms with Crippen molar-refractivity contribution in [3.8, 4) is 22.8 Å². The third-order valence-corrected chi connectivity index (χ3v) is 3.60. The zero-order valence-corrected chi connectivity index (χ0v) is 12.3. The Bertz CT molecular complexity index is 670. The maximum absolute atomic E-state index is 5.30. The van der Waals surface area contributed by atoms with Crippen LogP contribution in [0.3, 0.4) is 0 Å². The fourth-order valence-electron chi connectivity index (χ4n) is 2.15. The van der Waals surface area contributed by atoms with Crippen molar-refractivity contribution < 1.29 is 9.47 Å². The summed E-state index contributed by atoms with van der Waals surface area (Å²) < 4.78 is 11.2. The van der Waals surface area contributed by atoms with Crippen LogP contribution in [0.1, 0.15) is 24.6 Å². The number of aromatic nitrogens is 2. The van der Waals surface area contributed by atoms with Crippen molar-refractivity contribution in [1.82, 2.24) is 9.97 Å². The molecule has 1 aliphatic carbocycles. The molecule has 1 aromatic heterocycles. The van der Waals surface area contributed by atoms with E-state index in [1.165, 1.54) is 12.8 Å². The second-order valence-corrected chi connectivity index (χ2v) is 5.31. The van der Waals surface area contributed by atoms with Crippen LogP contribution in [0.15, 0.2) is 24.3 Å². The van der Waals surface area contributed by atoms with Crippen molar-refractivity contribution in [2.24, 2.45) is 0 Å². The van der Waals surface area contributed by atoms with E-state index in [1.807, 2.05) is 24.3 Å². The molecule has 0 atom stereocenters. The molecule has 0 saturated heterocycles. The third-order valence-electron chi connectivity index (χ3n) is 3.39. The van der Waals surface area contributed by atoms with Gasteiger partial charge in [-0.25, -0.2) is 4.98 Å². The van der Waals surface area contributed by atoms with Gasteiger partial charge in [-0.15, -0.1) is 0 Å². The van der Waals surface area contributed by atoms with E-state index in [0.717, 1.165) is 28.6 Å². The number of H-pyrrole nitrogens is 1. The minimum atomic E-state index is 0.532. The number of ether oxygens (including phenoxy) is 2. The number of benzene rings is 1.